The molecule has 5 rings (SSSR count). The summed E-state index contributed by atoms with van der Waals surface area (Å²) >= 11 is 5.61. The zero-order valence-corrected chi connectivity index (χ0v) is 22.2. The van der Waals surface area contributed by atoms with Crippen molar-refractivity contribution in [3.8, 4) is 0 Å². The van der Waals surface area contributed by atoms with E-state index in [9.17, 15) is 14.0 Å². The molecule has 0 saturated heterocycles. The third-order valence-corrected chi connectivity index (χ3v) is 8.43. The van der Waals surface area contributed by atoms with Crippen LogP contribution in [0.2, 0.25) is 0 Å². The fourth-order valence-corrected chi connectivity index (χ4v) is 8.19. The lowest BCUT2D eigenvalue weighted by Gasteiger charge is -2.65. The van der Waals surface area contributed by atoms with Crippen LogP contribution in [-0.4, -0.2) is 34.2 Å². The molecule has 7 nitrogen and oxygen atoms in total. The zero-order valence-electron chi connectivity index (χ0n) is 21.3. The minimum absolute atomic E-state index is 0.0193. The Kier molecular flexibility index (Phi) is 7.90. The van der Waals surface area contributed by atoms with Crippen molar-refractivity contribution >= 4 is 34.8 Å². The number of anilines is 1. The fraction of sp³-hybridized carbons (Fsp3) is 0.667. The maximum Gasteiger partial charge on any atom is 0.251 e. The number of halogens is 1. The number of thiocarbonyl (C=S) groups is 1. The van der Waals surface area contributed by atoms with Crippen LogP contribution < -0.4 is 21.4 Å². The molecule has 4 bridgehead atoms. The van der Waals surface area contributed by atoms with E-state index in [1.807, 2.05) is 0 Å². The molecule has 1 aromatic carbocycles. The Bertz CT molecular complexity index is 1000. The summed E-state index contributed by atoms with van der Waals surface area (Å²) in [6.07, 6.45) is 10.6. The van der Waals surface area contributed by atoms with Crippen LogP contribution in [0.4, 0.5) is 10.1 Å². The van der Waals surface area contributed by atoms with E-state index in [0.29, 0.717) is 28.9 Å². The molecule has 4 atom stereocenters. The van der Waals surface area contributed by atoms with E-state index in [1.165, 1.54) is 25.3 Å². The smallest absolute Gasteiger partial charge is 0.251 e. The van der Waals surface area contributed by atoms with Gasteiger partial charge in [-0.2, -0.15) is 0 Å². The molecule has 36 heavy (non-hydrogen) atoms. The molecular formula is C27H39FN4O3S. The van der Waals surface area contributed by atoms with Crippen LogP contribution >= 0.6 is 12.2 Å². The first-order valence-corrected chi connectivity index (χ1v) is 13.5. The van der Waals surface area contributed by atoms with Crippen LogP contribution in [-0.2, 0) is 4.79 Å². The van der Waals surface area contributed by atoms with Gasteiger partial charge in [0.1, 0.15) is 5.82 Å². The van der Waals surface area contributed by atoms with E-state index in [0.717, 1.165) is 44.4 Å². The summed E-state index contributed by atoms with van der Waals surface area (Å²) in [6, 6.07) is 4.40. The van der Waals surface area contributed by atoms with Crippen LogP contribution in [0.15, 0.2) is 18.2 Å². The van der Waals surface area contributed by atoms with Crippen molar-refractivity contribution in [1.82, 2.24) is 16.1 Å². The molecule has 2 amide bonds. The molecule has 0 aromatic heterocycles. The van der Waals surface area contributed by atoms with Gasteiger partial charge in [0.15, 0.2) is 5.11 Å². The molecule has 0 spiro atoms. The Hall–Kier alpha value is -2.26. The second kappa shape index (κ2) is 10.6. The van der Waals surface area contributed by atoms with Gasteiger partial charge in [-0.25, -0.2) is 9.87 Å². The van der Waals surface area contributed by atoms with Gasteiger partial charge in [0, 0.05) is 24.1 Å². The Labute approximate surface area is 218 Å². The number of hydrogen-bond acceptors (Lipinski definition) is 4. The molecule has 4 aliphatic carbocycles. The molecule has 0 radical (unpaired) electrons. The van der Waals surface area contributed by atoms with Gasteiger partial charge in [-0.15, -0.1) is 0 Å². The van der Waals surface area contributed by atoms with Crippen LogP contribution in [0, 0.1) is 22.6 Å². The Morgan fingerprint density at radius 1 is 1.06 bits per heavy atom. The minimum atomic E-state index is -0.515. The van der Waals surface area contributed by atoms with Gasteiger partial charge in [0.25, 0.3) is 5.91 Å². The number of unbranched alkanes of at least 4 members (excludes halogenated alkanes) is 3. The molecule has 0 heterocycles. The van der Waals surface area contributed by atoms with Gasteiger partial charge in [-0.1, -0.05) is 26.7 Å². The predicted molar refractivity (Wildman–Crippen MR) is 141 cm³/mol. The summed E-state index contributed by atoms with van der Waals surface area (Å²) in [6.45, 7) is 5.29. The third-order valence-electron chi connectivity index (χ3n) is 8.23. The van der Waals surface area contributed by atoms with E-state index in [2.05, 4.69) is 29.8 Å². The maximum atomic E-state index is 14.8. The highest BCUT2D eigenvalue weighted by Gasteiger charge is 2.60. The summed E-state index contributed by atoms with van der Waals surface area (Å²) in [5, 5.41) is 18.3. The molecule has 1 aromatic rings. The number of hydrogen-bond donors (Lipinski definition) is 5. The van der Waals surface area contributed by atoms with Gasteiger partial charge in [-0.05, 0) is 98.5 Å². The lowest BCUT2D eigenvalue weighted by Crippen LogP contribution is -2.65. The van der Waals surface area contributed by atoms with E-state index in [1.54, 1.807) is 17.6 Å². The zero-order chi connectivity index (χ0) is 26.0. The van der Waals surface area contributed by atoms with Crippen molar-refractivity contribution in [2.45, 2.75) is 90.0 Å². The van der Waals surface area contributed by atoms with Crippen molar-refractivity contribution in [1.29, 1.82) is 0 Å². The first-order chi connectivity index (χ1) is 17.0. The van der Waals surface area contributed by atoms with Gasteiger partial charge in [0.2, 0.25) is 5.91 Å². The second-order valence-corrected chi connectivity index (χ2v) is 12.5. The van der Waals surface area contributed by atoms with Gasteiger partial charge in [0.05, 0.1) is 5.69 Å². The summed E-state index contributed by atoms with van der Waals surface area (Å²) in [5.74, 6) is -0.501. The van der Waals surface area contributed by atoms with Crippen LogP contribution in [0.25, 0.3) is 0 Å². The monoisotopic (exact) mass is 518 g/mol. The first kappa shape index (κ1) is 26.8. The lowest BCUT2D eigenvalue weighted by atomic mass is 9.43. The first-order valence-electron chi connectivity index (χ1n) is 13.1. The SMILES string of the molecule is C[C@]12CC3CC(NC(=S)Nc4ccc(C(=O)NCCCCCCC(=O)NO)cc4F)(C1)C[C@@](C)(C3)C2. The van der Waals surface area contributed by atoms with Crippen LogP contribution in [0.5, 0.6) is 0 Å². The number of rotatable bonds is 10. The summed E-state index contributed by atoms with van der Waals surface area (Å²) in [5.41, 5.74) is 2.82. The number of hydroxylamine groups is 1. The fourth-order valence-electron chi connectivity index (χ4n) is 7.86. The van der Waals surface area contributed by atoms with E-state index in [-0.39, 0.29) is 29.1 Å². The van der Waals surface area contributed by atoms with Crippen molar-refractivity contribution in [3.05, 3.63) is 29.6 Å². The highest BCUT2D eigenvalue weighted by molar-refractivity contribution is 7.80. The van der Waals surface area contributed by atoms with E-state index in [4.69, 9.17) is 17.4 Å². The molecule has 4 saturated carbocycles. The molecule has 2 unspecified atom stereocenters. The summed E-state index contributed by atoms with van der Waals surface area (Å²) in [7, 11) is 0. The normalized spacial score (nSPS) is 30.1. The molecule has 9 heteroatoms. The largest absolute Gasteiger partial charge is 0.357 e. The average molecular weight is 519 g/mol. The van der Waals surface area contributed by atoms with E-state index < -0.39 is 11.7 Å². The van der Waals surface area contributed by atoms with Gasteiger partial charge in [-0.3, -0.25) is 14.8 Å². The quantitative estimate of drug-likeness (QED) is 0.129. The number of nitrogens with one attached hydrogen (secondary N) is 4. The highest BCUT2D eigenvalue weighted by atomic mass is 32.1. The number of carbonyl (C=O) groups is 2. The molecule has 4 aliphatic rings. The Balaban J connectivity index is 1.24. The number of benzene rings is 1. The topological polar surface area (TPSA) is 102 Å². The molecule has 5 N–H and O–H groups in total. The highest BCUT2D eigenvalue weighted by Crippen LogP contribution is 2.66. The third kappa shape index (κ3) is 6.35. The number of carbonyl (C=O) groups excluding carboxylic acids is 2. The van der Waals surface area contributed by atoms with Crippen molar-refractivity contribution in [3.63, 3.8) is 0 Å². The van der Waals surface area contributed by atoms with Crippen molar-refractivity contribution in [2.24, 2.45) is 16.7 Å². The standard InChI is InChI=1S/C27H39FN4O3S/c1-25-12-18-13-26(2,15-25)17-27(14-18,16-25)31-24(36)30-21-9-8-19(11-20(21)28)23(34)29-10-6-4-3-5-7-22(33)32-35/h8-9,11,18,35H,3-7,10,12-17H2,1-2H3,(H,29,34)(H,32,33)(H2,30,31,36)/t18?,25-,26+,27?. The lowest BCUT2D eigenvalue weighted by molar-refractivity contribution is -0.129. The van der Waals surface area contributed by atoms with Crippen molar-refractivity contribution < 1.29 is 19.2 Å². The maximum absolute atomic E-state index is 14.8. The Morgan fingerprint density at radius 3 is 2.39 bits per heavy atom. The van der Waals surface area contributed by atoms with Crippen LogP contribution in [0.3, 0.4) is 0 Å². The summed E-state index contributed by atoms with van der Waals surface area (Å²) < 4.78 is 14.8. The Morgan fingerprint density at radius 2 is 1.75 bits per heavy atom. The minimum Gasteiger partial charge on any atom is -0.357 e. The van der Waals surface area contributed by atoms with Gasteiger partial charge >= 0.3 is 0 Å². The predicted octanol–water partition coefficient (Wildman–Crippen LogP) is 5.05. The molecule has 4 fully saturated rings. The van der Waals surface area contributed by atoms with Crippen LogP contribution in [0.1, 0.15) is 94.8 Å². The van der Waals surface area contributed by atoms with E-state index >= 15 is 0 Å². The average Bonchev–Trinajstić information content (AvgIpc) is 2.76. The molecular weight excluding hydrogens is 479 g/mol. The number of amides is 2. The van der Waals surface area contributed by atoms with Gasteiger partial charge < -0.3 is 16.0 Å². The summed E-state index contributed by atoms with van der Waals surface area (Å²) in [4.78, 5) is 23.4. The molecule has 198 valence electrons. The second-order valence-electron chi connectivity index (χ2n) is 12.1. The molecule has 0 aliphatic heterocycles. The van der Waals surface area contributed by atoms with Crippen molar-refractivity contribution in [2.75, 3.05) is 11.9 Å².